The van der Waals surface area contributed by atoms with E-state index in [2.05, 4.69) is 31.3 Å². The number of phosphoric ester groups is 1. The number of likely N-dealkylation sites (N-methyl/N-ethyl adjacent to an activating group) is 1. The number of hydrogen-bond acceptors (Lipinski definition) is 6. The van der Waals surface area contributed by atoms with Crippen molar-refractivity contribution in [1.29, 1.82) is 0 Å². The van der Waals surface area contributed by atoms with Gasteiger partial charge in [-0.1, -0.05) is 366 Å². The number of amides is 1. The quantitative estimate of drug-likeness (QED) is 0.0272. The maximum Gasteiger partial charge on any atom is 0.268 e. The summed E-state index contributed by atoms with van der Waals surface area (Å²) in [7, 11) is 1.28. The number of carbonyl (C=O) groups is 1. The zero-order valence-corrected chi connectivity index (χ0v) is 57.6. The van der Waals surface area contributed by atoms with Gasteiger partial charge in [-0.2, -0.15) is 0 Å². The van der Waals surface area contributed by atoms with Crippen molar-refractivity contribution in [2.45, 2.75) is 405 Å². The molecule has 0 rings (SSSR count). The van der Waals surface area contributed by atoms with Crippen molar-refractivity contribution in [3.63, 3.8) is 0 Å². The highest BCUT2D eigenvalue weighted by Gasteiger charge is 2.23. The van der Waals surface area contributed by atoms with E-state index in [4.69, 9.17) is 9.05 Å². The fourth-order valence-corrected chi connectivity index (χ4v) is 12.3. The van der Waals surface area contributed by atoms with Crippen molar-refractivity contribution in [1.82, 2.24) is 5.32 Å². The van der Waals surface area contributed by atoms with Gasteiger partial charge in [0.2, 0.25) is 5.91 Å². The Kier molecular flexibility index (Phi) is 64.6. The third-order valence-electron chi connectivity index (χ3n) is 17.4. The van der Waals surface area contributed by atoms with Crippen LogP contribution in [-0.4, -0.2) is 68.5 Å². The maximum atomic E-state index is 13.0. The molecule has 0 saturated carbocycles. The van der Waals surface area contributed by atoms with Crippen molar-refractivity contribution < 1.29 is 32.9 Å². The zero-order valence-electron chi connectivity index (χ0n) is 56.7. The van der Waals surface area contributed by atoms with Crippen LogP contribution in [-0.2, 0) is 18.4 Å². The van der Waals surface area contributed by atoms with E-state index in [1.807, 2.05) is 27.2 Å². The minimum Gasteiger partial charge on any atom is -0.756 e. The first-order valence-corrected chi connectivity index (χ1v) is 38.7. The number of nitrogens with one attached hydrogen (secondary N) is 1. The van der Waals surface area contributed by atoms with Gasteiger partial charge >= 0.3 is 0 Å². The molecule has 0 aliphatic carbocycles. The average Bonchev–Trinajstić information content (AvgIpc) is 3.50. The Morgan fingerprint density at radius 3 is 0.940 bits per heavy atom. The number of allylic oxidation sites excluding steroid dienone is 3. The second kappa shape index (κ2) is 65.4. The molecular formula is C74H147N2O6P. The van der Waals surface area contributed by atoms with E-state index in [0.29, 0.717) is 17.4 Å². The molecule has 1 amide bonds. The fourth-order valence-electron chi connectivity index (χ4n) is 11.6. The molecule has 0 aromatic carbocycles. The molecule has 3 atom stereocenters. The molecule has 0 fully saturated rings. The van der Waals surface area contributed by atoms with Crippen molar-refractivity contribution >= 4 is 13.7 Å². The molecule has 0 radical (unpaired) electrons. The van der Waals surface area contributed by atoms with Crippen LogP contribution in [0.4, 0.5) is 0 Å². The van der Waals surface area contributed by atoms with Gasteiger partial charge in [0.1, 0.15) is 13.2 Å². The molecule has 0 aromatic heterocycles. The molecule has 0 saturated heterocycles. The first kappa shape index (κ1) is 82.0. The third kappa shape index (κ3) is 68.3. The lowest BCUT2D eigenvalue weighted by Crippen LogP contribution is -2.45. The van der Waals surface area contributed by atoms with Crippen molar-refractivity contribution in [2.75, 3.05) is 40.9 Å². The minimum atomic E-state index is -4.60. The number of hydrogen-bond donors (Lipinski definition) is 2. The summed E-state index contributed by atoms with van der Waals surface area (Å²) in [6.45, 7) is 4.72. The molecule has 0 aliphatic heterocycles. The van der Waals surface area contributed by atoms with E-state index in [9.17, 15) is 19.4 Å². The minimum absolute atomic E-state index is 0.00229. The summed E-state index contributed by atoms with van der Waals surface area (Å²) in [5.41, 5.74) is 0. The number of aliphatic hydroxyl groups is 1. The van der Waals surface area contributed by atoms with Crippen LogP contribution in [0.25, 0.3) is 0 Å². The van der Waals surface area contributed by atoms with E-state index in [0.717, 1.165) is 38.5 Å². The molecule has 8 nitrogen and oxygen atoms in total. The predicted octanol–water partition coefficient (Wildman–Crippen LogP) is 23.2. The lowest BCUT2D eigenvalue weighted by Gasteiger charge is -2.29. The molecule has 0 spiro atoms. The summed E-state index contributed by atoms with van der Waals surface area (Å²) in [4.78, 5) is 25.6. The molecule has 0 heterocycles. The zero-order chi connectivity index (χ0) is 60.5. The van der Waals surface area contributed by atoms with E-state index >= 15 is 0 Å². The van der Waals surface area contributed by atoms with Crippen LogP contribution in [0.2, 0.25) is 0 Å². The molecule has 0 aromatic rings. The summed E-state index contributed by atoms with van der Waals surface area (Å²) in [5.74, 6) is -0.188. The molecule has 494 valence electrons. The highest BCUT2D eigenvalue weighted by Crippen LogP contribution is 2.38. The van der Waals surface area contributed by atoms with Crippen LogP contribution in [0.1, 0.15) is 393 Å². The molecule has 83 heavy (non-hydrogen) atoms. The van der Waals surface area contributed by atoms with Crippen LogP contribution in [0, 0.1) is 0 Å². The monoisotopic (exact) mass is 1190 g/mol. The van der Waals surface area contributed by atoms with Crippen LogP contribution >= 0.6 is 7.82 Å². The van der Waals surface area contributed by atoms with E-state index in [-0.39, 0.29) is 19.1 Å². The summed E-state index contributed by atoms with van der Waals surface area (Å²) < 4.78 is 23.5. The van der Waals surface area contributed by atoms with Gasteiger partial charge in [0, 0.05) is 6.42 Å². The van der Waals surface area contributed by atoms with Gasteiger partial charge in [-0.15, -0.1) is 0 Å². The maximum absolute atomic E-state index is 13.0. The van der Waals surface area contributed by atoms with Crippen LogP contribution in [0.3, 0.4) is 0 Å². The molecule has 2 N–H and O–H groups in total. The SMILES string of the molecule is CCCCCCCCCC/C=C\CCCCCCCCCCCCCCCCCCCCCCCCCCCC(=O)NC(COP(=O)([O-])OCC[N+](C)(C)C)C(O)/C=C/CCCCCCCCCCCCCCCCCCCCCCCC. The first-order valence-electron chi connectivity index (χ1n) is 37.2. The van der Waals surface area contributed by atoms with E-state index in [1.54, 1.807) is 6.08 Å². The number of phosphoric acid groups is 1. The Morgan fingerprint density at radius 1 is 0.410 bits per heavy atom. The Morgan fingerprint density at radius 2 is 0.663 bits per heavy atom. The first-order chi connectivity index (χ1) is 40.5. The number of aliphatic hydroxyl groups excluding tert-OH is 1. The molecule has 0 bridgehead atoms. The lowest BCUT2D eigenvalue weighted by molar-refractivity contribution is -0.870. The second-order valence-electron chi connectivity index (χ2n) is 27.0. The van der Waals surface area contributed by atoms with Crippen molar-refractivity contribution in [3.8, 4) is 0 Å². The largest absolute Gasteiger partial charge is 0.756 e. The number of unbranched alkanes of at least 4 members (excludes halogenated alkanes) is 55. The van der Waals surface area contributed by atoms with Crippen LogP contribution in [0.15, 0.2) is 24.3 Å². The standard InChI is InChI=1S/C74H147N2O6P/c1-6-8-10-12-14-16-18-20-22-24-26-28-30-32-33-34-35-36-37-38-39-40-41-42-43-44-46-48-50-52-54-56-58-60-62-64-66-68-74(78)75-72(71-82-83(79,80)81-70-69-76(3,4)5)73(77)67-65-63-61-59-57-55-53-51-49-47-45-31-29-27-25-23-21-19-17-15-13-11-9-7-2/h24,26,65,67,72-73,77H,6-23,25,27-64,66,68-71H2,1-5H3,(H-,75,78,79,80)/b26-24-,67-65+. The summed E-state index contributed by atoms with van der Waals surface area (Å²) in [6.07, 6.45) is 86.1. The number of quaternary nitrogens is 1. The van der Waals surface area contributed by atoms with Gasteiger partial charge in [0.25, 0.3) is 7.82 Å². The molecule has 9 heteroatoms. The summed E-state index contributed by atoms with van der Waals surface area (Å²) in [6, 6.07) is -0.885. The Bertz CT molecular complexity index is 1400. The van der Waals surface area contributed by atoms with Crippen molar-refractivity contribution in [2.24, 2.45) is 0 Å². The topological polar surface area (TPSA) is 108 Å². The van der Waals surface area contributed by atoms with E-state index in [1.165, 1.54) is 334 Å². The number of nitrogens with zero attached hydrogens (tertiary/aromatic N) is 1. The normalized spacial score (nSPS) is 13.7. The van der Waals surface area contributed by atoms with Crippen LogP contribution in [0.5, 0.6) is 0 Å². The lowest BCUT2D eigenvalue weighted by atomic mass is 10.0. The van der Waals surface area contributed by atoms with E-state index < -0.39 is 20.0 Å². The van der Waals surface area contributed by atoms with Gasteiger partial charge < -0.3 is 28.8 Å². The Hall–Kier alpha value is -1.02. The summed E-state index contributed by atoms with van der Waals surface area (Å²) in [5, 5.41) is 14.0. The van der Waals surface area contributed by atoms with Crippen LogP contribution < -0.4 is 10.2 Å². The summed E-state index contributed by atoms with van der Waals surface area (Å²) >= 11 is 0. The number of carbonyl (C=O) groups excluding carboxylic acids is 1. The van der Waals surface area contributed by atoms with Gasteiger partial charge in [0.05, 0.1) is 39.9 Å². The van der Waals surface area contributed by atoms with Gasteiger partial charge in [-0.05, 0) is 44.9 Å². The third-order valence-corrected chi connectivity index (χ3v) is 18.4. The average molecular weight is 1190 g/mol. The predicted molar refractivity (Wildman–Crippen MR) is 362 cm³/mol. The second-order valence-corrected chi connectivity index (χ2v) is 28.4. The fraction of sp³-hybridized carbons (Fsp3) is 0.932. The smallest absolute Gasteiger partial charge is 0.268 e. The Balaban J connectivity index is 3.95. The van der Waals surface area contributed by atoms with Gasteiger partial charge in [-0.25, -0.2) is 0 Å². The molecule has 0 aliphatic rings. The van der Waals surface area contributed by atoms with Crippen molar-refractivity contribution in [3.05, 3.63) is 24.3 Å². The number of rotatable bonds is 70. The highest BCUT2D eigenvalue weighted by atomic mass is 31.2. The Labute approximate surface area is 519 Å². The van der Waals surface area contributed by atoms with Gasteiger partial charge in [0.15, 0.2) is 0 Å². The van der Waals surface area contributed by atoms with Gasteiger partial charge in [-0.3, -0.25) is 9.36 Å². The molecule has 3 unspecified atom stereocenters. The highest BCUT2D eigenvalue weighted by molar-refractivity contribution is 7.45. The molecular weight excluding hydrogens is 1040 g/mol.